The third-order valence-corrected chi connectivity index (χ3v) is 6.20. The van der Waals surface area contributed by atoms with Gasteiger partial charge in [-0.3, -0.25) is 4.90 Å². The second-order valence-electron chi connectivity index (χ2n) is 7.48. The number of nitrogens with one attached hydrogen (secondary N) is 1. The Bertz CT molecular complexity index is 1050. The predicted octanol–water partition coefficient (Wildman–Crippen LogP) is 4.57. The van der Waals surface area contributed by atoms with Gasteiger partial charge in [0.05, 0.1) is 31.6 Å². The summed E-state index contributed by atoms with van der Waals surface area (Å²) in [5.41, 5.74) is 2.73. The Hall–Kier alpha value is -3.10. The molecule has 2 amide bonds. The summed E-state index contributed by atoms with van der Waals surface area (Å²) in [5.74, 6) is 1.52. The van der Waals surface area contributed by atoms with Crippen LogP contribution in [-0.4, -0.2) is 60.7 Å². The van der Waals surface area contributed by atoms with Gasteiger partial charge in [0, 0.05) is 37.1 Å². The van der Waals surface area contributed by atoms with Gasteiger partial charge in [-0.25, -0.2) is 9.78 Å². The first-order valence-corrected chi connectivity index (χ1v) is 11.6. The maximum Gasteiger partial charge on any atom is 0.322 e. The highest BCUT2D eigenvalue weighted by Gasteiger charge is 2.22. The number of ether oxygens (including phenoxy) is 2. The van der Waals surface area contributed by atoms with Crippen LogP contribution in [0, 0.1) is 0 Å². The molecule has 0 atom stereocenters. The zero-order valence-corrected chi connectivity index (χ0v) is 19.2. The standard InChI is InChI=1S/C24H28N4O3S/c1-3-31-22-10-5-4-9-20(22)26-24(29)28-13-11-27(12-14-28)16-23-25-21(17-32-23)18-7-6-8-19(15-18)30-2/h4-10,15,17H,3,11-14,16H2,1-2H3,(H,26,29). The van der Waals surface area contributed by atoms with E-state index in [0.29, 0.717) is 31.1 Å². The highest BCUT2D eigenvalue weighted by atomic mass is 32.1. The number of rotatable bonds is 7. The van der Waals surface area contributed by atoms with Crippen LogP contribution >= 0.6 is 11.3 Å². The molecule has 2 aromatic carbocycles. The molecule has 4 rings (SSSR count). The van der Waals surface area contributed by atoms with E-state index in [1.807, 2.05) is 60.4 Å². The molecule has 3 aromatic rings. The van der Waals surface area contributed by atoms with E-state index in [9.17, 15) is 4.79 Å². The van der Waals surface area contributed by atoms with Crippen LogP contribution in [0.25, 0.3) is 11.3 Å². The van der Waals surface area contributed by atoms with Crippen molar-refractivity contribution in [2.24, 2.45) is 0 Å². The Balaban J connectivity index is 1.30. The lowest BCUT2D eigenvalue weighted by Gasteiger charge is -2.34. The molecule has 8 heteroatoms. The molecular weight excluding hydrogens is 424 g/mol. The number of carbonyl (C=O) groups is 1. The number of hydrogen-bond acceptors (Lipinski definition) is 6. The third kappa shape index (κ3) is 5.38. The number of amides is 2. The van der Waals surface area contributed by atoms with Crippen LogP contribution in [0.4, 0.5) is 10.5 Å². The minimum Gasteiger partial charge on any atom is -0.497 e. The zero-order valence-electron chi connectivity index (χ0n) is 18.4. The van der Waals surface area contributed by atoms with Gasteiger partial charge in [-0.1, -0.05) is 24.3 Å². The molecule has 1 aliphatic rings. The predicted molar refractivity (Wildman–Crippen MR) is 128 cm³/mol. The number of urea groups is 1. The van der Waals surface area contributed by atoms with Crippen molar-refractivity contribution in [2.45, 2.75) is 13.5 Å². The normalized spacial score (nSPS) is 14.2. The van der Waals surface area contributed by atoms with E-state index in [-0.39, 0.29) is 6.03 Å². The number of carbonyl (C=O) groups excluding carboxylic acids is 1. The average molecular weight is 453 g/mol. The van der Waals surface area contributed by atoms with Crippen molar-refractivity contribution in [3.63, 3.8) is 0 Å². The lowest BCUT2D eigenvalue weighted by molar-refractivity contribution is 0.143. The summed E-state index contributed by atoms with van der Waals surface area (Å²) in [4.78, 5) is 21.7. The van der Waals surface area contributed by atoms with Crippen LogP contribution in [0.3, 0.4) is 0 Å². The van der Waals surface area contributed by atoms with E-state index in [4.69, 9.17) is 14.5 Å². The van der Waals surface area contributed by atoms with Crippen LogP contribution in [-0.2, 0) is 6.54 Å². The first-order valence-electron chi connectivity index (χ1n) is 10.7. The molecular formula is C24H28N4O3S. The van der Waals surface area contributed by atoms with Crippen molar-refractivity contribution in [3.05, 3.63) is 58.9 Å². The third-order valence-electron chi connectivity index (χ3n) is 5.36. The Kier molecular flexibility index (Phi) is 7.24. The number of piperazine rings is 1. The molecule has 168 valence electrons. The maximum absolute atomic E-state index is 12.7. The number of nitrogens with zero attached hydrogens (tertiary/aromatic N) is 3. The summed E-state index contributed by atoms with van der Waals surface area (Å²) in [6, 6.07) is 15.4. The number of aromatic nitrogens is 1. The number of thiazole rings is 1. The molecule has 1 aliphatic heterocycles. The van der Waals surface area contributed by atoms with Crippen LogP contribution < -0.4 is 14.8 Å². The fraction of sp³-hybridized carbons (Fsp3) is 0.333. The summed E-state index contributed by atoms with van der Waals surface area (Å²) in [5, 5.41) is 6.15. The first-order chi connectivity index (χ1) is 15.7. The number of anilines is 1. The molecule has 0 spiro atoms. The van der Waals surface area contributed by atoms with Gasteiger partial charge in [-0.2, -0.15) is 0 Å². The second-order valence-corrected chi connectivity index (χ2v) is 8.42. The van der Waals surface area contributed by atoms with Gasteiger partial charge in [-0.05, 0) is 31.2 Å². The number of benzene rings is 2. The van der Waals surface area contributed by atoms with E-state index in [1.165, 1.54) is 0 Å². The Morgan fingerprint density at radius 2 is 1.94 bits per heavy atom. The number of para-hydroxylation sites is 2. The van der Waals surface area contributed by atoms with Crippen molar-refractivity contribution in [1.82, 2.24) is 14.8 Å². The van der Waals surface area contributed by atoms with Crippen LogP contribution in [0.15, 0.2) is 53.9 Å². The molecule has 0 aliphatic carbocycles. The molecule has 1 fully saturated rings. The van der Waals surface area contributed by atoms with E-state index in [2.05, 4.69) is 15.6 Å². The van der Waals surface area contributed by atoms with Crippen LogP contribution in [0.5, 0.6) is 11.5 Å². The molecule has 1 saturated heterocycles. The van der Waals surface area contributed by atoms with Gasteiger partial charge in [0.25, 0.3) is 0 Å². The van der Waals surface area contributed by atoms with E-state index < -0.39 is 0 Å². The zero-order chi connectivity index (χ0) is 22.3. The summed E-state index contributed by atoms with van der Waals surface area (Å²) < 4.78 is 10.9. The highest BCUT2D eigenvalue weighted by molar-refractivity contribution is 7.09. The smallest absolute Gasteiger partial charge is 0.322 e. The molecule has 0 saturated carbocycles. The van der Waals surface area contributed by atoms with Gasteiger partial charge in [0.15, 0.2) is 0 Å². The topological polar surface area (TPSA) is 66.9 Å². The van der Waals surface area contributed by atoms with E-state index in [0.717, 1.165) is 41.6 Å². The van der Waals surface area contributed by atoms with Gasteiger partial charge >= 0.3 is 6.03 Å². The largest absolute Gasteiger partial charge is 0.497 e. The fourth-order valence-electron chi connectivity index (χ4n) is 3.64. The van der Waals surface area contributed by atoms with Crippen molar-refractivity contribution in [3.8, 4) is 22.8 Å². The average Bonchev–Trinajstić information content (AvgIpc) is 3.29. The quantitative estimate of drug-likeness (QED) is 0.569. The first kappa shape index (κ1) is 22.1. The molecule has 0 bridgehead atoms. The molecule has 7 nitrogen and oxygen atoms in total. The lowest BCUT2D eigenvalue weighted by atomic mass is 10.2. The Morgan fingerprint density at radius 3 is 2.72 bits per heavy atom. The fourth-order valence-corrected chi connectivity index (χ4v) is 4.49. The molecule has 0 unspecified atom stereocenters. The van der Waals surface area contributed by atoms with E-state index >= 15 is 0 Å². The SMILES string of the molecule is CCOc1ccccc1NC(=O)N1CCN(Cc2nc(-c3cccc(OC)c3)cs2)CC1. The number of hydrogen-bond donors (Lipinski definition) is 1. The van der Waals surface area contributed by atoms with Gasteiger partial charge in [0.1, 0.15) is 16.5 Å². The summed E-state index contributed by atoms with van der Waals surface area (Å²) in [7, 11) is 1.67. The number of methoxy groups -OCH3 is 1. The summed E-state index contributed by atoms with van der Waals surface area (Å²) in [6.45, 7) is 6.26. The van der Waals surface area contributed by atoms with Crippen molar-refractivity contribution in [1.29, 1.82) is 0 Å². The Morgan fingerprint density at radius 1 is 1.12 bits per heavy atom. The summed E-state index contributed by atoms with van der Waals surface area (Å²) in [6.07, 6.45) is 0. The molecule has 0 radical (unpaired) electrons. The van der Waals surface area contributed by atoms with Gasteiger partial charge < -0.3 is 19.7 Å². The monoisotopic (exact) mass is 452 g/mol. The van der Waals surface area contributed by atoms with Crippen LogP contribution in [0.1, 0.15) is 11.9 Å². The van der Waals surface area contributed by atoms with Gasteiger partial charge in [-0.15, -0.1) is 11.3 Å². The Labute approximate surface area is 192 Å². The van der Waals surface area contributed by atoms with Gasteiger partial charge in [0.2, 0.25) is 0 Å². The minimum atomic E-state index is -0.0913. The molecule has 32 heavy (non-hydrogen) atoms. The molecule has 2 heterocycles. The van der Waals surface area contributed by atoms with Crippen molar-refractivity contribution in [2.75, 3.05) is 45.2 Å². The highest BCUT2D eigenvalue weighted by Crippen LogP contribution is 2.27. The molecule has 1 aromatic heterocycles. The van der Waals surface area contributed by atoms with Crippen molar-refractivity contribution >= 4 is 23.1 Å². The minimum absolute atomic E-state index is 0.0913. The van der Waals surface area contributed by atoms with E-state index in [1.54, 1.807) is 18.4 Å². The van der Waals surface area contributed by atoms with Crippen LogP contribution in [0.2, 0.25) is 0 Å². The second kappa shape index (κ2) is 10.5. The maximum atomic E-state index is 12.7. The molecule has 1 N–H and O–H groups in total. The van der Waals surface area contributed by atoms with Crippen molar-refractivity contribution < 1.29 is 14.3 Å². The lowest BCUT2D eigenvalue weighted by Crippen LogP contribution is -2.49. The summed E-state index contributed by atoms with van der Waals surface area (Å²) >= 11 is 1.67.